The summed E-state index contributed by atoms with van der Waals surface area (Å²) < 4.78 is 0. The van der Waals surface area contributed by atoms with Crippen LogP contribution in [0.25, 0.3) is 43.1 Å². The molecule has 0 radical (unpaired) electrons. The van der Waals surface area contributed by atoms with E-state index in [1.54, 1.807) is 0 Å². The van der Waals surface area contributed by atoms with Crippen molar-refractivity contribution in [2.75, 3.05) is 0 Å². The number of rotatable bonds is 4. The summed E-state index contributed by atoms with van der Waals surface area (Å²) in [4.78, 5) is 59.1. The smallest absolute Gasteiger partial charge is 0.261 e. The molecule has 6 heteroatoms. The molecule has 0 aliphatic carbocycles. The lowest BCUT2D eigenvalue weighted by atomic mass is 9.82. The number of hydrogen-bond donors (Lipinski definition) is 0. The molecule has 4 amide bonds. The number of aryl methyl sites for hydroxylation is 2. The number of fused-ring (bicyclic) bond motifs is 2. The Bertz CT molecular complexity index is 2280. The van der Waals surface area contributed by atoms with Crippen LogP contribution in [0.5, 0.6) is 0 Å². The lowest BCUT2D eigenvalue weighted by Gasteiger charge is -2.34. The molecule has 0 fully saturated rings. The van der Waals surface area contributed by atoms with Gasteiger partial charge >= 0.3 is 0 Å². The SMILES string of the molecule is Cc1ccc(C(C)N2C(=O)c3ccc4c5ccc6c7c(ccc(c8ccc(c3c48)C2=O)c75)C(=O)N(C(C)c2ccc(C)cc2)C6=O)cc1. The first-order valence-corrected chi connectivity index (χ1v) is 16.2. The van der Waals surface area contributed by atoms with Gasteiger partial charge in [-0.05, 0) is 95.4 Å². The van der Waals surface area contributed by atoms with E-state index in [2.05, 4.69) is 0 Å². The summed E-state index contributed by atoms with van der Waals surface area (Å²) in [6.07, 6.45) is 0. The molecule has 6 nitrogen and oxygen atoms in total. The lowest BCUT2D eigenvalue weighted by Crippen LogP contribution is -2.42. The van der Waals surface area contributed by atoms with Crippen molar-refractivity contribution in [3.8, 4) is 0 Å². The Kier molecular flexibility index (Phi) is 5.80. The van der Waals surface area contributed by atoms with E-state index in [1.807, 2.05) is 125 Å². The number of nitrogens with zero attached hydrogens (tertiary/aromatic N) is 2. The third kappa shape index (κ3) is 3.63. The monoisotopic (exact) mass is 626 g/mol. The molecular formula is C42H30N2O4. The second-order valence-electron chi connectivity index (χ2n) is 13.3. The van der Waals surface area contributed by atoms with Gasteiger partial charge in [-0.15, -0.1) is 0 Å². The number of amides is 4. The van der Waals surface area contributed by atoms with Gasteiger partial charge < -0.3 is 0 Å². The van der Waals surface area contributed by atoms with Gasteiger partial charge in [-0.2, -0.15) is 0 Å². The zero-order chi connectivity index (χ0) is 33.2. The molecule has 0 N–H and O–H groups in total. The highest BCUT2D eigenvalue weighted by atomic mass is 16.2. The molecule has 2 aliphatic heterocycles. The molecular weight excluding hydrogens is 596 g/mol. The van der Waals surface area contributed by atoms with E-state index in [0.29, 0.717) is 33.0 Å². The summed E-state index contributed by atoms with van der Waals surface area (Å²) in [7, 11) is 0. The van der Waals surface area contributed by atoms with E-state index in [-0.39, 0.29) is 23.6 Å². The minimum absolute atomic E-state index is 0.320. The first kappa shape index (κ1) is 28.4. The lowest BCUT2D eigenvalue weighted by molar-refractivity contribution is 0.0534. The Morgan fingerprint density at radius 3 is 0.917 bits per heavy atom. The zero-order valence-corrected chi connectivity index (χ0v) is 26.9. The van der Waals surface area contributed by atoms with E-state index in [0.717, 1.165) is 54.6 Å². The standard InChI is InChI=1S/C42H30N2O4/c1-21-5-9-25(10-6-21)23(3)43-39(45)31-17-13-27-29-15-19-33-38-34(42(48)44(41(33)47)24(4)26-11-7-22(2)8-12-26)20-16-30(36(29)38)28-14-18-32(40(43)46)37(31)35(27)28/h5-20,23-24H,1-4H3. The highest BCUT2D eigenvalue weighted by Crippen LogP contribution is 2.47. The van der Waals surface area contributed by atoms with Gasteiger partial charge in [-0.1, -0.05) is 83.9 Å². The molecule has 0 saturated carbocycles. The maximum atomic E-state index is 14.1. The van der Waals surface area contributed by atoms with Crippen LogP contribution in [-0.2, 0) is 0 Å². The molecule has 7 aromatic carbocycles. The number of hydrogen-bond acceptors (Lipinski definition) is 4. The van der Waals surface area contributed by atoms with Gasteiger partial charge in [0.2, 0.25) is 0 Å². The minimum atomic E-state index is -0.443. The maximum Gasteiger partial charge on any atom is 0.261 e. The molecule has 0 aromatic heterocycles. The fraction of sp³-hybridized carbons (Fsp3) is 0.143. The molecule has 9 rings (SSSR count). The maximum absolute atomic E-state index is 14.1. The third-order valence-corrected chi connectivity index (χ3v) is 10.6. The van der Waals surface area contributed by atoms with Crippen LogP contribution in [0.1, 0.15) is 89.6 Å². The van der Waals surface area contributed by atoms with Crippen molar-refractivity contribution in [2.45, 2.75) is 39.8 Å². The second-order valence-corrected chi connectivity index (χ2v) is 13.3. The van der Waals surface area contributed by atoms with Crippen LogP contribution < -0.4 is 0 Å². The van der Waals surface area contributed by atoms with Crippen molar-refractivity contribution in [3.05, 3.63) is 142 Å². The molecule has 2 atom stereocenters. The highest BCUT2D eigenvalue weighted by molar-refractivity contribution is 6.41. The second kappa shape index (κ2) is 9.81. The normalized spacial score (nSPS) is 15.8. The van der Waals surface area contributed by atoms with E-state index in [9.17, 15) is 19.2 Å². The van der Waals surface area contributed by atoms with Crippen molar-refractivity contribution < 1.29 is 19.2 Å². The van der Waals surface area contributed by atoms with Gasteiger partial charge in [0.25, 0.3) is 23.6 Å². The van der Waals surface area contributed by atoms with Gasteiger partial charge in [0, 0.05) is 33.0 Å². The zero-order valence-electron chi connectivity index (χ0n) is 26.9. The Hall–Kier alpha value is -5.88. The van der Waals surface area contributed by atoms with Gasteiger partial charge in [0.15, 0.2) is 0 Å². The molecule has 0 spiro atoms. The van der Waals surface area contributed by atoms with Crippen LogP contribution in [0, 0.1) is 13.8 Å². The van der Waals surface area contributed by atoms with Gasteiger partial charge in [0.05, 0.1) is 12.1 Å². The Balaban J connectivity index is 1.23. The van der Waals surface area contributed by atoms with Crippen molar-refractivity contribution >= 4 is 66.7 Å². The summed E-state index contributed by atoms with van der Waals surface area (Å²) >= 11 is 0. The number of benzene rings is 7. The van der Waals surface area contributed by atoms with E-state index in [4.69, 9.17) is 0 Å². The summed E-state index contributed by atoms with van der Waals surface area (Å²) in [5.41, 5.74) is 5.95. The topological polar surface area (TPSA) is 74.8 Å². The quantitative estimate of drug-likeness (QED) is 0.111. The average Bonchev–Trinajstić information content (AvgIpc) is 3.09. The van der Waals surface area contributed by atoms with Crippen molar-refractivity contribution in [1.82, 2.24) is 9.80 Å². The van der Waals surface area contributed by atoms with Crippen LogP contribution in [-0.4, -0.2) is 33.4 Å². The molecule has 0 saturated heterocycles. The summed E-state index contributed by atoms with van der Waals surface area (Å²) in [6.45, 7) is 7.78. The predicted octanol–water partition coefficient (Wildman–Crippen LogP) is 9.07. The summed E-state index contributed by atoms with van der Waals surface area (Å²) in [5, 5.41) is 6.47. The molecule has 2 unspecified atom stereocenters. The van der Waals surface area contributed by atoms with Crippen LogP contribution in [0.4, 0.5) is 0 Å². The summed E-state index contributed by atoms with van der Waals surface area (Å²) in [5.74, 6) is -1.28. The fourth-order valence-corrected chi connectivity index (χ4v) is 8.00. The average molecular weight is 627 g/mol. The molecule has 2 aliphatic rings. The predicted molar refractivity (Wildman–Crippen MR) is 188 cm³/mol. The van der Waals surface area contributed by atoms with Crippen molar-refractivity contribution in [2.24, 2.45) is 0 Å². The van der Waals surface area contributed by atoms with Crippen LogP contribution >= 0.6 is 0 Å². The highest BCUT2D eigenvalue weighted by Gasteiger charge is 2.39. The van der Waals surface area contributed by atoms with Crippen LogP contribution in [0.2, 0.25) is 0 Å². The first-order chi connectivity index (χ1) is 23.2. The van der Waals surface area contributed by atoms with E-state index in [1.165, 1.54) is 9.80 Å². The molecule has 7 aromatic rings. The van der Waals surface area contributed by atoms with Gasteiger partial charge in [-0.3, -0.25) is 29.0 Å². The van der Waals surface area contributed by atoms with Crippen molar-refractivity contribution in [1.29, 1.82) is 0 Å². The Morgan fingerprint density at radius 1 is 0.375 bits per heavy atom. The molecule has 2 heterocycles. The molecule has 232 valence electrons. The Labute approximate surface area is 276 Å². The first-order valence-electron chi connectivity index (χ1n) is 16.2. The number of carbonyl (C=O) groups excluding carboxylic acids is 4. The van der Waals surface area contributed by atoms with Crippen LogP contribution in [0.15, 0.2) is 97.1 Å². The van der Waals surface area contributed by atoms with Gasteiger partial charge in [-0.25, -0.2) is 0 Å². The largest absolute Gasteiger partial charge is 0.269 e. The summed E-state index contributed by atoms with van der Waals surface area (Å²) in [6, 6.07) is 29.9. The van der Waals surface area contributed by atoms with E-state index >= 15 is 0 Å². The molecule has 48 heavy (non-hydrogen) atoms. The Morgan fingerprint density at radius 2 is 0.646 bits per heavy atom. The van der Waals surface area contributed by atoms with E-state index < -0.39 is 12.1 Å². The van der Waals surface area contributed by atoms with Crippen molar-refractivity contribution in [3.63, 3.8) is 0 Å². The minimum Gasteiger partial charge on any atom is -0.269 e. The number of imide groups is 2. The van der Waals surface area contributed by atoms with Crippen LogP contribution in [0.3, 0.4) is 0 Å². The van der Waals surface area contributed by atoms with Gasteiger partial charge in [0.1, 0.15) is 0 Å². The third-order valence-electron chi connectivity index (χ3n) is 10.6. The number of carbonyl (C=O) groups is 4. The molecule has 0 bridgehead atoms. The fourth-order valence-electron chi connectivity index (χ4n) is 8.00.